The van der Waals surface area contributed by atoms with Crippen LogP contribution in [0.2, 0.25) is 0 Å². The van der Waals surface area contributed by atoms with Gasteiger partial charge >= 0.3 is 37.7 Å². The van der Waals surface area contributed by atoms with Crippen LogP contribution in [0.5, 0.6) is 0 Å². The van der Waals surface area contributed by atoms with Crippen LogP contribution in [0.1, 0.15) is 125 Å². The summed E-state index contributed by atoms with van der Waals surface area (Å²) in [5.41, 5.74) is -2.74. The number of hydrogen-bond acceptors (Lipinski definition) is 6. The smallest absolute Gasteiger partial charge is 0.333 e. The second-order valence-electron chi connectivity index (χ2n) is 16.1. The second kappa shape index (κ2) is 16.5. The van der Waals surface area contributed by atoms with E-state index in [0.717, 1.165) is 0 Å². The standard InChI is InChI=1S/3C11H19O2.Ho/c3*1-10(2,3)8(12)7-9(13)11(4,5)6;/h3*7H,1-6H3;/q3*-1;+3. The molecule has 0 saturated carbocycles. The first-order chi connectivity index (χ1) is 16.6. The van der Waals surface area contributed by atoms with E-state index >= 15 is 0 Å². The fourth-order valence-electron chi connectivity index (χ4n) is 1.66. The van der Waals surface area contributed by atoms with Gasteiger partial charge in [-0.25, -0.2) is 0 Å². The van der Waals surface area contributed by atoms with Gasteiger partial charge in [0.1, 0.15) is 0 Å². The first-order valence-electron chi connectivity index (χ1n) is 13.5. The van der Waals surface area contributed by atoms with Crippen LogP contribution in [0.25, 0.3) is 0 Å². The summed E-state index contributed by atoms with van der Waals surface area (Å²) in [7, 11) is 0. The average molecular weight is 715 g/mol. The molecular weight excluding hydrogens is 657 g/mol. The van der Waals surface area contributed by atoms with Crippen molar-refractivity contribution in [2.24, 2.45) is 32.5 Å². The zero-order valence-electron chi connectivity index (χ0n) is 28.5. The van der Waals surface area contributed by atoms with Crippen LogP contribution >= 0.6 is 0 Å². The predicted octanol–water partition coefficient (Wildman–Crippen LogP) is 7.26. The van der Waals surface area contributed by atoms with Gasteiger partial charge in [-0.15, -0.1) is 0 Å². The van der Waals surface area contributed by atoms with E-state index in [4.69, 9.17) is 0 Å². The van der Waals surface area contributed by atoms with E-state index in [1.807, 2.05) is 125 Å². The second-order valence-corrected chi connectivity index (χ2v) is 16.1. The van der Waals surface area contributed by atoms with E-state index in [1.54, 1.807) is 0 Å². The van der Waals surface area contributed by atoms with Gasteiger partial charge < -0.3 is 28.8 Å². The fourth-order valence-corrected chi connectivity index (χ4v) is 1.66. The first-order valence-corrected chi connectivity index (χ1v) is 13.5. The van der Waals surface area contributed by atoms with Gasteiger partial charge in [0.15, 0.2) is 0 Å². The molecule has 0 aliphatic heterocycles. The van der Waals surface area contributed by atoms with E-state index < -0.39 is 32.5 Å². The molecule has 0 aromatic carbocycles. The van der Waals surface area contributed by atoms with E-state index in [0.29, 0.717) is 0 Å². The summed E-state index contributed by atoms with van der Waals surface area (Å²) in [6, 6.07) is 0. The van der Waals surface area contributed by atoms with Gasteiger partial charge in [0.2, 0.25) is 0 Å². The van der Waals surface area contributed by atoms with E-state index in [-0.39, 0.29) is 72.4 Å². The Labute approximate surface area is 276 Å². The molecule has 7 heteroatoms. The Morgan fingerprint density at radius 3 is 0.400 bits per heavy atom. The number of Topliss-reactive ketones (excluding diaryl/α,β-unsaturated/α-hetero) is 6. The van der Waals surface area contributed by atoms with Crippen molar-refractivity contribution in [3.05, 3.63) is 19.3 Å². The molecular formula is C33H57HoO6. The topological polar surface area (TPSA) is 102 Å². The quantitative estimate of drug-likeness (QED) is 0.163. The van der Waals surface area contributed by atoms with Crippen molar-refractivity contribution in [1.82, 2.24) is 0 Å². The Kier molecular flexibility index (Phi) is 18.9. The molecule has 0 heterocycles. The zero-order chi connectivity index (χ0) is 32.6. The molecule has 40 heavy (non-hydrogen) atoms. The summed E-state index contributed by atoms with van der Waals surface area (Å²) in [6.07, 6.45) is 3.67. The van der Waals surface area contributed by atoms with Crippen LogP contribution < -0.4 is 0 Å². The van der Waals surface area contributed by atoms with Gasteiger partial charge in [-0.3, -0.25) is 19.3 Å². The Morgan fingerprint density at radius 2 is 0.350 bits per heavy atom. The third-order valence-electron chi connectivity index (χ3n) is 5.22. The maximum atomic E-state index is 11.4. The third kappa shape index (κ3) is 21.6. The SMILES string of the molecule is CC(C)(C)C(=O)[CH-]C(=O)C(C)(C)C.CC(C)(C)C(=O)[CH-]C(=O)C(C)(C)C.CC(C)(C)C(=O)[CH-]C(=O)C(C)(C)C.[Ho+3]. The minimum absolute atomic E-state index is 0. The maximum absolute atomic E-state index is 11.4. The average Bonchev–Trinajstić information content (AvgIpc) is 2.64. The van der Waals surface area contributed by atoms with Crippen molar-refractivity contribution in [3.8, 4) is 0 Å². The fraction of sp³-hybridized carbons (Fsp3) is 0.727. The molecule has 0 aromatic rings. The van der Waals surface area contributed by atoms with Gasteiger partial charge in [-0.1, -0.05) is 125 Å². The summed E-state index contributed by atoms with van der Waals surface area (Å²) in [5.74, 6) is -0.625. The number of rotatable bonds is 6. The van der Waals surface area contributed by atoms with E-state index in [2.05, 4.69) is 0 Å². The summed E-state index contributed by atoms with van der Waals surface area (Å²) in [5, 5.41) is 0. The van der Waals surface area contributed by atoms with Crippen molar-refractivity contribution in [3.63, 3.8) is 0 Å². The predicted molar refractivity (Wildman–Crippen MR) is 160 cm³/mol. The van der Waals surface area contributed by atoms with Gasteiger partial charge in [0.05, 0.1) is 0 Å². The summed E-state index contributed by atoms with van der Waals surface area (Å²) in [6.45, 7) is 32.5. The Balaban J connectivity index is -0.000000240. The molecule has 0 atom stereocenters. The van der Waals surface area contributed by atoms with Gasteiger partial charge in [0.25, 0.3) is 0 Å². The Morgan fingerprint density at radius 1 is 0.275 bits per heavy atom. The summed E-state index contributed by atoms with van der Waals surface area (Å²) < 4.78 is 0. The van der Waals surface area contributed by atoms with E-state index in [1.165, 1.54) is 19.3 Å². The zero-order valence-corrected chi connectivity index (χ0v) is 30.4. The molecule has 0 aliphatic rings. The molecule has 0 rings (SSSR count). The molecule has 0 amide bonds. The molecule has 236 valence electrons. The molecule has 0 fully saturated rings. The largest absolute Gasteiger partial charge is 3.00 e. The normalized spacial score (nSPS) is 12.2. The Hall–Kier alpha value is -1.11. The van der Waals surface area contributed by atoms with Crippen LogP contribution in [0.3, 0.4) is 0 Å². The Bertz CT molecular complexity index is 693. The molecule has 6 nitrogen and oxygen atoms in total. The molecule has 0 bridgehead atoms. The first kappa shape index (κ1) is 45.9. The number of hydrogen-bond donors (Lipinski definition) is 0. The van der Waals surface area contributed by atoms with Crippen molar-refractivity contribution >= 4 is 34.7 Å². The van der Waals surface area contributed by atoms with Gasteiger partial charge in [0, 0.05) is 34.7 Å². The van der Waals surface area contributed by atoms with Crippen LogP contribution in [0.4, 0.5) is 0 Å². The molecule has 0 radical (unpaired) electrons. The van der Waals surface area contributed by atoms with Gasteiger partial charge in [-0.2, -0.15) is 0 Å². The molecule has 0 N–H and O–H groups in total. The van der Waals surface area contributed by atoms with Crippen molar-refractivity contribution in [2.75, 3.05) is 0 Å². The molecule has 0 unspecified atom stereocenters. The van der Waals surface area contributed by atoms with Crippen LogP contribution in [0.15, 0.2) is 0 Å². The third-order valence-corrected chi connectivity index (χ3v) is 5.22. The number of ketones is 6. The monoisotopic (exact) mass is 714 g/mol. The van der Waals surface area contributed by atoms with Crippen LogP contribution in [0, 0.1) is 89.5 Å². The number of carbonyl (C=O) groups excluding carboxylic acids is 6. The van der Waals surface area contributed by atoms with Crippen LogP contribution in [-0.2, 0) is 28.8 Å². The maximum Gasteiger partial charge on any atom is 3.00 e. The molecule has 0 saturated heterocycles. The minimum Gasteiger partial charge on any atom is -0.333 e. The minimum atomic E-state index is -0.457. The van der Waals surface area contributed by atoms with Crippen LogP contribution in [-0.4, -0.2) is 34.7 Å². The summed E-state index contributed by atoms with van der Waals surface area (Å²) >= 11 is 0. The van der Waals surface area contributed by atoms with Gasteiger partial charge in [-0.05, 0) is 32.5 Å². The molecule has 0 aliphatic carbocycles. The van der Waals surface area contributed by atoms with Crippen molar-refractivity contribution < 1.29 is 66.5 Å². The molecule has 0 aromatic heterocycles. The summed E-state index contributed by atoms with van der Waals surface area (Å²) in [4.78, 5) is 68.7. The molecule has 0 spiro atoms. The van der Waals surface area contributed by atoms with Crippen molar-refractivity contribution in [2.45, 2.75) is 125 Å². The van der Waals surface area contributed by atoms with E-state index in [9.17, 15) is 28.8 Å². The number of carbonyl (C=O) groups is 6. The van der Waals surface area contributed by atoms with Crippen molar-refractivity contribution in [1.29, 1.82) is 0 Å².